The molecule has 0 bridgehead atoms. The van der Waals surface area contributed by atoms with Gasteiger partial charge in [0.2, 0.25) is 5.91 Å². The van der Waals surface area contributed by atoms with Crippen LogP contribution in [0.25, 0.3) is 10.9 Å². The molecule has 0 aliphatic carbocycles. The Labute approximate surface area is 122 Å². The Kier molecular flexibility index (Phi) is 4.47. The smallest absolute Gasteiger partial charge is 0.323 e. The Morgan fingerprint density at radius 1 is 1.38 bits per heavy atom. The Hall–Kier alpha value is -2.50. The number of aromatic nitrogens is 1. The first-order chi connectivity index (χ1) is 10.0. The van der Waals surface area contributed by atoms with E-state index in [9.17, 15) is 9.59 Å². The van der Waals surface area contributed by atoms with E-state index in [2.05, 4.69) is 4.98 Å². The summed E-state index contributed by atoms with van der Waals surface area (Å²) in [6, 6.07) is 5.59. The molecular formula is C15H18N2O4. The van der Waals surface area contributed by atoms with Crippen LogP contribution in [0.5, 0.6) is 5.75 Å². The number of carboxylic acid groups (broad SMARTS) is 1. The van der Waals surface area contributed by atoms with Crippen LogP contribution in [0.3, 0.4) is 0 Å². The first kappa shape index (κ1) is 14.9. The van der Waals surface area contributed by atoms with Crippen LogP contribution in [0.1, 0.15) is 12.5 Å². The number of likely N-dealkylation sites (N-methyl/N-ethyl adjacent to an activating group) is 1. The number of hydrogen-bond acceptors (Lipinski definition) is 3. The zero-order chi connectivity index (χ0) is 15.4. The van der Waals surface area contributed by atoms with Crippen LogP contribution in [0.4, 0.5) is 0 Å². The normalized spacial score (nSPS) is 10.6. The Bertz CT molecular complexity index is 663. The van der Waals surface area contributed by atoms with Crippen molar-refractivity contribution in [3.63, 3.8) is 0 Å². The van der Waals surface area contributed by atoms with Gasteiger partial charge in [-0.05, 0) is 30.7 Å². The number of carbonyl (C=O) groups excluding carboxylic acids is 1. The van der Waals surface area contributed by atoms with Crippen molar-refractivity contribution >= 4 is 22.8 Å². The molecule has 0 aliphatic heterocycles. The van der Waals surface area contributed by atoms with Crippen LogP contribution in [-0.2, 0) is 16.0 Å². The van der Waals surface area contributed by atoms with Gasteiger partial charge in [0.15, 0.2) is 0 Å². The number of benzene rings is 1. The third-order valence-corrected chi connectivity index (χ3v) is 3.38. The number of fused-ring (bicyclic) bond motifs is 1. The van der Waals surface area contributed by atoms with Crippen molar-refractivity contribution in [2.75, 3.05) is 20.2 Å². The number of aromatic amines is 1. The summed E-state index contributed by atoms with van der Waals surface area (Å²) in [5, 5.41) is 9.72. The van der Waals surface area contributed by atoms with Crippen molar-refractivity contribution in [2.45, 2.75) is 13.3 Å². The summed E-state index contributed by atoms with van der Waals surface area (Å²) in [6.07, 6.45) is 1.94. The van der Waals surface area contributed by atoms with Gasteiger partial charge < -0.3 is 19.7 Å². The summed E-state index contributed by atoms with van der Waals surface area (Å²) in [6.45, 7) is 1.86. The molecule has 6 nitrogen and oxygen atoms in total. The highest BCUT2D eigenvalue weighted by atomic mass is 16.5. The lowest BCUT2D eigenvalue weighted by Crippen LogP contribution is -2.36. The highest BCUT2D eigenvalue weighted by Gasteiger charge is 2.17. The summed E-state index contributed by atoms with van der Waals surface area (Å²) >= 11 is 0. The molecule has 0 saturated carbocycles. The van der Waals surface area contributed by atoms with E-state index in [1.165, 1.54) is 4.90 Å². The standard InChI is InChI=1S/C15H18N2O4/c1-3-17(9-15(19)20)14(18)6-10-8-16-13-5-4-11(21-2)7-12(10)13/h4-5,7-8,16H,3,6,9H2,1-2H3,(H,19,20). The molecule has 1 heterocycles. The molecule has 21 heavy (non-hydrogen) atoms. The van der Waals surface area contributed by atoms with Gasteiger partial charge in [-0.25, -0.2) is 0 Å². The van der Waals surface area contributed by atoms with Crippen molar-refractivity contribution in [1.82, 2.24) is 9.88 Å². The topological polar surface area (TPSA) is 82.6 Å². The monoisotopic (exact) mass is 290 g/mol. The molecule has 2 rings (SSSR count). The SMILES string of the molecule is CCN(CC(=O)O)C(=O)Cc1c[nH]c2ccc(OC)cc12. The fourth-order valence-electron chi connectivity index (χ4n) is 2.25. The van der Waals surface area contributed by atoms with Crippen LogP contribution in [0, 0.1) is 0 Å². The molecule has 112 valence electrons. The molecule has 0 aliphatic rings. The van der Waals surface area contributed by atoms with Gasteiger partial charge in [0.1, 0.15) is 12.3 Å². The third-order valence-electron chi connectivity index (χ3n) is 3.38. The first-order valence-corrected chi connectivity index (χ1v) is 6.68. The third kappa shape index (κ3) is 3.34. The predicted molar refractivity (Wildman–Crippen MR) is 78.4 cm³/mol. The lowest BCUT2D eigenvalue weighted by atomic mass is 10.1. The highest BCUT2D eigenvalue weighted by molar-refractivity contribution is 5.90. The minimum Gasteiger partial charge on any atom is -0.497 e. The number of carbonyl (C=O) groups is 2. The summed E-state index contributed by atoms with van der Waals surface area (Å²) < 4.78 is 5.19. The maximum absolute atomic E-state index is 12.2. The molecule has 2 aromatic rings. The molecule has 1 aromatic carbocycles. The minimum absolute atomic E-state index is 0.161. The average molecular weight is 290 g/mol. The Morgan fingerprint density at radius 2 is 2.14 bits per heavy atom. The van der Waals surface area contributed by atoms with Crippen molar-refractivity contribution in [2.24, 2.45) is 0 Å². The van der Waals surface area contributed by atoms with Crippen LogP contribution in [-0.4, -0.2) is 47.1 Å². The largest absolute Gasteiger partial charge is 0.497 e. The van der Waals surface area contributed by atoms with Crippen molar-refractivity contribution in [3.8, 4) is 5.75 Å². The summed E-state index contributed by atoms with van der Waals surface area (Å²) in [5.41, 5.74) is 1.75. The number of nitrogens with zero attached hydrogens (tertiary/aromatic N) is 1. The number of rotatable bonds is 6. The second-order valence-electron chi connectivity index (χ2n) is 4.70. The van der Waals surface area contributed by atoms with E-state index in [1.807, 2.05) is 18.2 Å². The van der Waals surface area contributed by atoms with Gasteiger partial charge in [0.05, 0.1) is 13.5 Å². The molecule has 0 atom stereocenters. The number of aliphatic carboxylic acids is 1. The van der Waals surface area contributed by atoms with E-state index in [-0.39, 0.29) is 18.9 Å². The van der Waals surface area contributed by atoms with Crippen LogP contribution in [0.15, 0.2) is 24.4 Å². The van der Waals surface area contributed by atoms with E-state index >= 15 is 0 Å². The van der Waals surface area contributed by atoms with E-state index in [0.29, 0.717) is 12.3 Å². The summed E-state index contributed by atoms with van der Waals surface area (Å²) in [4.78, 5) is 27.4. The molecule has 1 aromatic heterocycles. The molecule has 0 unspecified atom stereocenters. The zero-order valence-electron chi connectivity index (χ0n) is 12.0. The second-order valence-corrected chi connectivity index (χ2v) is 4.70. The Balaban J connectivity index is 2.22. The Morgan fingerprint density at radius 3 is 2.76 bits per heavy atom. The number of methoxy groups -OCH3 is 1. The average Bonchev–Trinajstić information content (AvgIpc) is 2.86. The van der Waals surface area contributed by atoms with Crippen LogP contribution >= 0.6 is 0 Å². The molecule has 0 fully saturated rings. The van der Waals surface area contributed by atoms with Gasteiger partial charge in [-0.2, -0.15) is 0 Å². The van der Waals surface area contributed by atoms with Gasteiger partial charge in [-0.15, -0.1) is 0 Å². The summed E-state index contributed by atoms with van der Waals surface area (Å²) in [5.74, 6) is -0.497. The first-order valence-electron chi connectivity index (χ1n) is 6.68. The van der Waals surface area contributed by atoms with E-state index in [0.717, 1.165) is 16.5 Å². The lowest BCUT2D eigenvalue weighted by Gasteiger charge is -2.18. The number of ether oxygens (including phenoxy) is 1. The van der Waals surface area contributed by atoms with Crippen molar-refractivity contribution in [3.05, 3.63) is 30.0 Å². The maximum Gasteiger partial charge on any atom is 0.323 e. The highest BCUT2D eigenvalue weighted by Crippen LogP contribution is 2.24. The van der Waals surface area contributed by atoms with Gasteiger partial charge in [-0.1, -0.05) is 0 Å². The second kappa shape index (κ2) is 6.30. The number of carboxylic acids is 1. The van der Waals surface area contributed by atoms with Crippen molar-refractivity contribution in [1.29, 1.82) is 0 Å². The maximum atomic E-state index is 12.2. The fraction of sp³-hybridized carbons (Fsp3) is 0.333. The van der Waals surface area contributed by atoms with Gasteiger partial charge in [0, 0.05) is 23.6 Å². The predicted octanol–water partition coefficient (Wildman–Crippen LogP) is 1.65. The van der Waals surface area contributed by atoms with E-state index in [1.54, 1.807) is 20.2 Å². The fourth-order valence-corrected chi connectivity index (χ4v) is 2.25. The van der Waals surface area contributed by atoms with Crippen LogP contribution < -0.4 is 4.74 Å². The molecule has 0 spiro atoms. The van der Waals surface area contributed by atoms with Gasteiger partial charge >= 0.3 is 5.97 Å². The molecular weight excluding hydrogens is 272 g/mol. The lowest BCUT2D eigenvalue weighted by molar-refractivity contribution is -0.144. The van der Waals surface area contributed by atoms with Crippen molar-refractivity contribution < 1.29 is 19.4 Å². The molecule has 2 N–H and O–H groups in total. The molecule has 1 amide bonds. The number of hydrogen-bond donors (Lipinski definition) is 2. The van der Waals surface area contributed by atoms with Gasteiger partial charge in [-0.3, -0.25) is 9.59 Å². The van der Waals surface area contributed by atoms with Crippen LogP contribution in [0.2, 0.25) is 0 Å². The number of H-pyrrole nitrogens is 1. The molecule has 0 radical (unpaired) electrons. The minimum atomic E-state index is -1.01. The summed E-state index contributed by atoms with van der Waals surface area (Å²) in [7, 11) is 1.59. The molecule has 0 saturated heterocycles. The van der Waals surface area contributed by atoms with E-state index in [4.69, 9.17) is 9.84 Å². The zero-order valence-corrected chi connectivity index (χ0v) is 12.0. The quantitative estimate of drug-likeness (QED) is 0.847. The van der Waals surface area contributed by atoms with E-state index < -0.39 is 5.97 Å². The number of amides is 1. The van der Waals surface area contributed by atoms with Gasteiger partial charge in [0.25, 0.3) is 0 Å². The number of nitrogens with one attached hydrogen (secondary N) is 1. The molecule has 6 heteroatoms.